The van der Waals surface area contributed by atoms with Gasteiger partial charge in [0.25, 0.3) is 5.56 Å². The van der Waals surface area contributed by atoms with Crippen LogP contribution in [0.25, 0.3) is 10.8 Å². The van der Waals surface area contributed by atoms with Crippen molar-refractivity contribution in [1.29, 1.82) is 0 Å². The summed E-state index contributed by atoms with van der Waals surface area (Å²) in [6, 6.07) is 15.2. The summed E-state index contributed by atoms with van der Waals surface area (Å²) in [7, 11) is 1.60. The lowest BCUT2D eigenvalue weighted by Gasteiger charge is -2.07. The Kier molecular flexibility index (Phi) is 3.62. The minimum atomic E-state index is -0.592. The van der Waals surface area contributed by atoms with Crippen molar-refractivity contribution in [2.24, 2.45) is 0 Å². The first-order chi connectivity index (χ1) is 10.7. The maximum absolute atomic E-state index is 12.1. The van der Waals surface area contributed by atoms with Crippen molar-refractivity contribution in [3.8, 4) is 5.75 Å². The molecular formula is C17H13NO4. The third kappa shape index (κ3) is 2.69. The molecule has 0 spiro atoms. The highest BCUT2D eigenvalue weighted by Gasteiger charge is 2.10. The normalized spacial score (nSPS) is 10.4. The van der Waals surface area contributed by atoms with E-state index in [-0.39, 0.29) is 0 Å². The van der Waals surface area contributed by atoms with Crippen LogP contribution >= 0.6 is 0 Å². The summed E-state index contributed by atoms with van der Waals surface area (Å²) in [4.78, 5) is 28.7. The van der Waals surface area contributed by atoms with Crippen LogP contribution in [0.4, 0.5) is 0 Å². The topological polar surface area (TPSA) is 57.5 Å². The van der Waals surface area contributed by atoms with Crippen molar-refractivity contribution in [3.05, 3.63) is 76.7 Å². The summed E-state index contributed by atoms with van der Waals surface area (Å²) in [6.45, 7) is 0. The first-order valence-corrected chi connectivity index (χ1v) is 6.65. The molecule has 0 aliphatic carbocycles. The largest absolute Gasteiger partial charge is 0.497 e. The van der Waals surface area contributed by atoms with E-state index < -0.39 is 11.5 Å². The van der Waals surface area contributed by atoms with E-state index in [1.165, 1.54) is 12.3 Å². The van der Waals surface area contributed by atoms with E-state index >= 15 is 0 Å². The number of rotatable bonds is 3. The third-order valence-electron chi connectivity index (χ3n) is 3.25. The molecule has 22 heavy (non-hydrogen) atoms. The number of hydrogen-bond acceptors (Lipinski definition) is 4. The maximum Gasteiger partial charge on any atom is 0.363 e. The molecule has 0 N–H and O–H groups in total. The second-order valence-electron chi connectivity index (χ2n) is 4.67. The highest BCUT2D eigenvalue weighted by atomic mass is 16.7. The van der Waals surface area contributed by atoms with E-state index in [4.69, 9.17) is 9.57 Å². The molecule has 1 heterocycles. The van der Waals surface area contributed by atoms with Gasteiger partial charge in [0.15, 0.2) is 0 Å². The number of nitrogens with zero attached hydrogens (tertiary/aromatic N) is 1. The van der Waals surface area contributed by atoms with Crippen LogP contribution in [0.2, 0.25) is 0 Å². The molecule has 0 saturated heterocycles. The second kappa shape index (κ2) is 5.73. The van der Waals surface area contributed by atoms with E-state index in [0.29, 0.717) is 5.56 Å². The number of benzene rings is 2. The molecule has 3 rings (SSSR count). The Balaban J connectivity index is 1.91. The van der Waals surface area contributed by atoms with Gasteiger partial charge in [-0.15, -0.1) is 4.73 Å². The van der Waals surface area contributed by atoms with Crippen LogP contribution in [0.15, 0.2) is 65.6 Å². The Labute approximate surface area is 126 Å². The molecule has 0 aliphatic rings. The van der Waals surface area contributed by atoms with Crippen molar-refractivity contribution < 1.29 is 14.4 Å². The number of hydrogen-bond donors (Lipinski definition) is 0. The standard InChI is InChI=1S/C17H13NO4/c1-21-15-8-7-12-10-14(6-5-13(12)11-15)17(20)22-18-9-3-2-4-16(18)19/h2-11H,1H3. The van der Waals surface area contributed by atoms with Gasteiger partial charge in [-0.1, -0.05) is 18.2 Å². The molecule has 0 fully saturated rings. The Morgan fingerprint density at radius 1 is 1.00 bits per heavy atom. The van der Waals surface area contributed by atoms with E-state index in [9.17, 15) is 9.59 Å². The van der Waals surface area contributed by atoms with Crippen LogP contribution in [0.3, 0.4) is 0 Å². The van der Waals surface area contributed by atoms with Gasteiger partial charge < -0.3 is 9.57 Å². The number of carbonyl (C=O) groups is 1. The third-order valence-corrected chi connectivity index (χ3v) is 3.25. The van der Waals surface area contributed by atoms with Crippen LogP contribution < -0.4 is 15.1 Å². The first kappa shape index (κ1) is 13.9. The first-order valence-electron chi connectivity index (χ1n) is 6.65. The lowest BCUT2D eigenvalue weighted by atomic mass is 10.1. The van der Waals surface area contributed by atoms with Gasteiger partial charge in [-0.25, -0.2) is 4.79 Å². The molecule has 0 bridgehead atoms. The monoisotopic (exact) mass is 295 g/mol. The Morgan fingerprint density at radius 2 is 1.77 bits per heavy atom. The van der Waals surface area contributed by atoms with Crippen LogP contribution in [-0.4, -0.2) is 17.8 Å². The van der Waals surface area contributed by atoms with Gasteiger partial charge >= 0.3 is 5.97 Å². The van der Waals surface area contributed by atoms with Crippen LogP contribution in [0, 0.1) is 0 Å². The number of ether oxygens (including phenoxy) is 1. The summed E-state index contributed by atoms with van der Waals surface area (Å²) in [5, 5.41) is 1.84. The van der Waals surface area contributed by atoms with Crippen molar-refractivity contribution >= 4 is 16.7 Å². The molecule has 110 valence electrons. The maximum atomic E-state index is 12.1. The van der Waals surface area contributed by atoms with Crippen molar-refractivity contribution in [1.82, 2.24) is 4.73 Å². The number of aromatic nitrogens is 1. The molecule has 0 saturated carbocycles. The van der Waals surface area contributed by atoms with Crippen molar-refractivity contribution in [2.45, 2.75) is 0 Å². The van der Waals surface area contributed by atoms with Crippen molar-refractivity contribution in [2.75, 3.05) is 7.11 Å². The fourth-order valence-corrected chi connectivity index (χ4v) is 2.11. The van der Waals surface area contributed by atoms with Gasteiger partial charge in [-0.2, -0.15) is 0 Å². The molecule has 5 nitrogen and oxygen atoms in total. The van der Waals surface area contributed by atoms with Gasteiger partial charge in [-0.05, 0) is 41.1 Å². The zero-order chi connectivity index (χ0) is 15.5. The molecule has 2 aromatic carbocycles. The summed E-state index contributed by atoms with van der Waals surface area (Å²) in [6.07, 6.45) is 1.39. The molecule has 5 heteroatoms. The fourth-order valence-electron chi connectivity index (χ4n) is 2.11. The van der Waals surface area contributed by atoms with E-state index in [1.54, 1.807) is 31.4 Å². The zero-order valence-electron chi connectivity index (χ0n) is 11.9. The lowest BCUT2D eigenvalue weighted by Crippen LogP contribution is -2.29. The van der Waals surface area contributed by atoms with Crippen molar-refractivity contribution in [3.63, 3.8) is 0 Å². The van der Waals surface area contributed by atoms with Crippen LogP contribution in [0.5, 0.6) is 5.75 Å². The molecule has 0 amide bonds. The summed E-state index contributed by atoms with van der Waals surface area (Å²) in [5.41, 5.74) is -0.0326. The van der Waals surface area contributed by atoms with Gasteiger partial charge in [0.1, 0.15) is 5.75 Å². The number of methoxy groups -OCH3 is 1. The number of carbonyl (C=O) groups excluding carboxylic acids is 1. The summed E-state index contributed by atoms with van der Waals surface area (Å²) in [5.74, 6) is 0.157. The molecule has 0 aliphatic heterocycles. The molecular weight excluding hydrogens is 282 g/mol. The van der Waals surface area contributed by atoms with Gasteiger partial charge in [0.2, 0.25) is 0 Å². The molecule has 0 unspecified atom stereocenters. The van der Waals surface area contributed by atoms with Gasteiger partial charge in [0, 0.05) is 12.3 Å². The Hall–Kier alpha value is -3.08. The predicted molar refractivity (Wildman–Crippen MR) is 82.1 cm³/mol. The lowest BCUT2D eigenvalue weighted by molar-refractivity contribution is 0.0443. The summed E-state index contributed by atoms with van der Waals surface area (Å²) >= 11 is 0. The number of fused-ring (bicyclic) bond motifs is 1. The second-order valence-corrected chi connectivity index (χ2v) is 4.67. The molecule has 3 aromatic rings. The predicted octanol–water partition coefficient (Wildman–Crippen LogP) is 2.28. The van der Waals surface area contributed by atoms with Crippen LogP contribution in [-0.2, 0) is 0 Å². The van der Waals surface area contributed by atoms with Gasteiger partial charge in [-0.3, -0.25) is 4.79 Å². The van der Waals surface area contributed by atoms with Crippen LogP contribution in [0.1, 0.15) is 10.4 Å². The number of pyridine rings is 1. The van der Waals surface area contributed by atoms with Gasteiger partial charge in [0.05, 0.1) is 12.7 Å². The quantitative estimate of drug-likeness (QED) is 0.744. The molecule has 0 atom stereocenters. The SMILES string of the molecule is COc1ccc2cc(C(=O)On3ccccc3=O)ccc2c1. The summed E-state index contributed by atoms with van der Waals surface area (Å²) < 4.78 is 6.07. The highest BCUT2D eigenvalue weighted by molar-refractivity contribution is 5.95. The minimum absolute atomic E-state index is 0.369. The average molecular weight is 295 g/mol. The Bertz CT molecular complexity index is 898. The zero-order valence-corrected chi connectivity index (χ0v) is 11.9. The van der Waals surface area contributed by atoms with E-state index in [1.807, 2.05) is 24.3 Å². The highest BCUT2D eigenvalue weighted by Crippen LogP contribution is 2.21. The average Bonchev–Trinajstić information content (AvgIpc) is 2.56. The smallest absolute Gasteiger partial charge is 0.363 e. The molecule has 0 radical (unpaired) electrons. The van der Waals surface area contributed by atoms with E-state index in [0.717, 1.165) is 21.3 Å². The Morgan fingerprint density at radius 3 is 2.55 bits per heavy atom. The fraction of sp³-hybridized carbons (Fsp3) is 0.0588. The molecule has 1 aromatic heterocycles. The van der Waals surface area contributed by atoms with E-state index in [2.05, 4.69) is 0 Å². The minimum Gasteiger partial charge on any atom is -0.497 e.